The minimum Gasteiger partial charge on any atom is -0.497 e. The largest absolute Gasteiger partial charge is 0.497 e. The van der Waals surface area contributed by atoms with Gasteiger partial charge >= 0.3 is 0 Å². The fourth-order valence-electron chi connectivity index (χ4n) is 2.24. The monoisotopic (exact) mass is 392 g/mol. The molecule has 0 saturated heterocycles. The van der Waals surface area contributed by atoms with E-state index in [0.717, 1.165) is 0 Å². The van der Waals surface area contributed by atoms with Crippen LogP contribution in [-0.2, 0) is 14.8 Å². The normalized spacial score (nSPS) is 11.1. The van der Waals surface area contributed by atoms with Crippen molar-refractivity contribution in [2.24, 2.45) is 0 Å². The Bertz CT molecular complexity index is 866. The van der Waals surface area contributed by atoms with Gasteiger partial charge in [0.2, 0.25) is 10.0 Å². The number of benzene rings is 2. The van der Waals surface area contributed by atoms with Crippen LogP contribution in [0.15, 0.2) is 53.4 Å². The SMILES string of the molecule is CCCNS(=O)(=O)c1ccc(OCC(=O)N(C)c2cccc(OC)c2)cc1. The van der Waals surface area contributed by atoms with E-state index in [1.807, 2.05) is 6.92 Å². The summed E-state index contributed by atoms with van der Waals surface area (Å²) >= 11 is 0. The van der Waals surface area contributed by atoms with Crippen molar-refractivity contribution in [2.45, 2.75) is 18.2 Å². The molecule has 0 unspecified atom stereocenters. The Morgan fingerprint density at radius 1 is 1.11 bits per heavy atom. The molecule has 0 bridgehead atoms. The fourth-order valence-corrected chi connectivity index (χ4v) is 3.37. The zero-order chi connectivity index (χ0) is 19.9. The van der Waals surface area contributed by atoms with Crippen LogP contribution in [0, 0.1) is 0 Å². The standard InChI is InChI=1S/C19H24N2O5S/c1-4-12-20-27(23,24)18-10-8-16(9-11-18)26-14-19(22)21(2)15-6-5-7-17(13-15)25-3/h5-11,13,20H,4,12,14H2,1-3H3. The zero-order valence-electron chi connectivity index (χ0n) is 15.6. The highest BCUT2D eigenvalue weighted by Crippen LogP contribution is 2.20. The van der Waals surface area contributed by atoms with Crippen molar-refractivity contribution in [1.29, 1.82) is 0 Å². The second-order valence-electron chi connectivity index (χ2n) is 5.81. The van der Waals surface area contributed by atoms with Gasteiger partial charge in [0, 0.05) is 25.3 Å². The molecule has 8 heteroatoms. The van der Waals surface area contributed by atoms with Gasteiger partial charge in [-0.3, -0.25) is 4.79 Å². The summed E-state index contributed by atoms with van der Waals surface area (Å²) in [6, 6.07) is 13.1. The molecular weight excluding hydrogens is 368 g/mol. The molecule has 0 spiro atoms. The number of anilines is 1. The molecule has 0 atom stereocenters. The van der Waals surface area contributed by atoms with Gasteiger partial charge in [0.1, 0.15) is 11.5 Å². The number of likely N-dealkylation sites (N-methyl/N-ethyl adjacent to an activating group) is 1. The van der Waals surface area contributed by atoms with Gasteiger partial charge in [-0.25, -0.2) is 13.1 Å². The van der Waals surface area contributed by atoms with Crippen LogP contribution in [0.25, 0.3) is 0 Å². The highest BCUT2D eigenvalue weighted by molar-refractivity contribution is 7.89. The lowest BCUT2D eigenvalue weighted by Crippen LogP contribution is -2.31. The van der Waals surface area contributed by atoms with Crippen molar-refractivity contribution < 1.29 is 22.7 Å². The molecule has 1 N–H and O–H groups in total. The molecule has 2 aromatic rings. The maximum absolute atomic E-state index is 12.3. The molecule has 2 rings (SSSR count). The minimum atomic E-state index is -3.52. The third kappa shape index (κ3) is 5.70. The maximum Gasteiger partial charge on any atom is 0.264 e. The average molecular weight is 392 g/mol. The Balaban J connectivity index is 1.96. The number of methoxy groups -OCH3 is 1. The van der Waals surface area contributed by atoms with Crippen molar-refractivity contribution in [3.05, 3.63) is 48.5 Å². The summed E-state index contributed by atoms with van der Waals surface area (Å²) in [6.07, 6.45) is 0.712. The Labute approximate surface area is 160 Å². The van der Waals surface area contributed by atoms with Gasteiger partial charge in [0.15, 0.2) is 6.61 Å². The lowest BCUT2D eigenvalue weighted by atomic mass is 10.3. The van der Waals surface area contributed by atoms with Crippen LogP contribution in [0.5, 0.6) is 11.5 Å². The molecule has 7 nitrogen and oxygen atoms in total. The van der Waals surface area contributed by atoms with Gasteiger partial charge in [-0.2, -0.15) is 0 Å². The van der Waals surface area contributed by atoms with E-state index >= 15 is 0 Å². The summed E-state index contributed by atoms with van der Waals surface area (Å²) in [7, 11) is -0.310. The van der Waals surface area contributed by atoms with Crippen molar-refractivity contribution >= 4 is 21.6 Å². The first-order chi connectivity index (χ1) is 12.9. The third-order valence-corrected chi connectivity index (χ3v) is 5.33. The molecule has 146 valence electrons. The molecule has 2 aromatic carbocycles. The van der Waals surface area contributed by atoms with Gasteiger partial charge in [0.05, 0.1) is 12.0 Å². The quantitative estimate of drug-likeness (QED) is 0.708. The lowest BCUT2D eigenvalue weighted by molar-refractivity contribution is -0.120. The van der Waals surface area contributed by atoms with Crippen molar-refractivity contribution in [2.75, 3.05) is 32.2 Å². The summed E-state index contributed by atoms with van der Waals surface area (Å²) in [4.78, 5) is 13.9. The number of carbonyl (C=O) groups excluding carboxylic acids is 1. The second kappa shape index (κ2) is 9.38. The Hall–Kier alpha value is -2.58. The molecule has 0 fully saturated rings. The number of carbonyl (C=O) groups is 1. The molecule has 0 aliphatic heterocycles. The van der Waals surface area contributed by atoms with E-state index in [0.29, 0.717) is 30.2 Å². The Kier molecular flexibility index (Phi) is 7.20. The van der Waals surface area contributed by atoms with Gasteiger partial charge in [-0.05, 0) is 42.8 Å². The van der Waals surface area contributed by atoms with E-state index < -0.39 is 10.0 Å². The number of hydrogen-bond donors (Lipinski definition) is 1. The first-order valence-corrected chi connectivity index (χ1v) is 9.99. The van der Waals surface area contributed by atoms with Gasteiger partial charge < -0.3 is 14.4 Å². The number of ether oxygens (including phenoxy) is 2. The predicted octanol–water partition coefficient (Wildman–Crippen LogP) is 2.43. The van der Waals surface area contributed by atoms with E-state index in [1.54, 1.807) is 38.4 Å². The van der Waals surface area contributed by atoms with Crippen LogP contribution >= 0.6 is 0 Å². The fraction of sp³-hybridized carbons (Fsp3) is 0.316. The van der Waals surface area contributed by atoms with Gasteiger partial charge in [-0.1, -0.05) is 13.0 Å². The van der Waals surface area contributed by atoms with E-state index in [4.69, 9.17) is 9.47 Å². The molecule has 0 aliphatic carbocycles. The third-order valence-electron chi connectivity index (χ3n) is 3.85. The van der Waals surface area contributed by atoms with E-state index in [1.165, 1.54) is 29.2 Å². The van der Waals surface area contributed by atoms with Gasteiger partial charge in [0.25, 0.3) is 5.91 Å². The van der Waals surface area contributed by atoms with Crippen molar-refractivity contribution in [3.63, 3.8) is 0 Å². The van der Waals surface area contributed by atoms with E-state index in [9.17, 15) is 13.2 Å². The lowest BCUT2D eigenvalue weighted by Gasteiger charge is -2.18. The predicted molar refractivity (Wildman–Crippen MR) is 104 cm³/mol. The number of nitrogens with zero attached hydrogens (tertiary/aromatic N) is 1. The average Bonchev–Trinajstić information content (AvgIpc) is 2.70. The summed E-state index contributed by atoms with van der Waals surface area (Å²) in [5, 5.41) is 0. The Morgan fingerprint density at radius 2 is 1.81 bits per heavy atom. The minimum absolute atomic E-state index is 0.156. The molecule has 0 saturated carbocycles. The first kappa shape index (κ1) is 20.7. The molecule has 27 heavy (non-hydrogen) atoms. The smallest absolute Gasteiger partial charge is 0.264 e. The number of rotatable bonds is 9. The summed E-state index contributed by atoms with van der Waals surface area (Å²) in [6.45, 7) is 2.10. The highest BCUT2D eigenvalue weighted by atomic mass is 32.2. The van der Waals surface area contributed by atoms with Crippen molar-refractivity contribution in [1.82, 2.24) is 4.72 Å². The van der Waals surface area contributed by atoms with Gasteiger partial charge in [-0.15, -0.1) is 0 Å². The summed E-state index contributed by atoms with van der Waals surface area (Å²) in [5.74, 6) is 0.822. The zero-order valence-corrected chi connectivity index (χ0v) is 16.5. The number of hydrogen-bond acceptors (Lipinski definition) is 5. The van der Waals surface area contributed by atoms with Crippen molar-refractivity contribution in [3.8, 4) is 11.5 Å². The van der Waals surface area contributed by atoms with E-state index in [2.05, 4.69) is 4.72 Å². The molecule has 0 aliphatic rings. The van der Waals surface area contributed by atoms with Crippen LogP contribution < -0.4 is 19.1 Å². The Morgan fingerprint density at radius 3 is 2.44 bits per heavy atom. The van der Waals surface area contributed by atoms with E-state index in [-0.39, 0.29) is 17.4 Å². The number of amides is 1. The first-order valence-electron chi connectivity index (χ1n) is 8.50. The molecule has 1 amide bonds. The molecular formula is C19H24N2O5S. The van der Waals surface area contributed by atoms with Crippen LogP contribution in [-0.4, -0.2) is 41.6 Å². The molecule has 0 radical (unpaired) electrons. The highest BCUT2D eigenvalue weighted by Gasteiger charge is 2.15. The second-order valence-corrected chi connectivity index (χ2v) is 7.58. The van der Waals surface area contributed by atoms with Crippen LogP contribution in [0.1, 0.15) is 13.3 Å². The van der Waals surface area contributed by atoms with Crippen LogP contribution in [0.2, 0.25) is 0 Å². The maximum atomic E-state index is 12.3. The number of nitrogens with one attached hydrogen (secondary N) is 1. The summed E-state index contributed by atoms with van der Waals surface area (Å²) < 4.78 is 37.2. The van der Waals surface area contributed by atoms with Crippen LogP contribution in [0.4, 0.5) is 5.69 Å². The molecule has 0 aromatic heterocycles. The molecule has 0 heterocycles. The topological polar surface area (TPSA) is 84.9 Å². The van der Waals surface area contributed by atoms with Crippen LogP contribution in [0.3, 0.4) is 0 Å². The number of sulfonamides is 1. The summed E-state index contributed by atoms with van der Waals surface area (Å²) in [5.41, 5.74) is 0.686.